The summed E-state index contributed by atoms with van der Waals surface area (Å²) in [5.41, 5.74) is 0. The lowest BCUT2D eigenvalue weighted by atomic mass is 10.6. The highest BCUT2D eigenvalue weighted by molar-refractivity contribution is 4.91. The largest absolute Gasteiger partial charge is 0.349 e. The quantitative estimate of drug-likeness (QED) is 0.618. The Morgan fingerprint density at radius 2 is 1.92 bits per heavy atom. The first-order valence-corrected chi connectivity index (χ1v) is 3.62. The molecular formula is C7H13N3O2. The number of rotatable bonds is 3. The van der Waals surface area contributed by atoms with Crippen LogP contribution in [-0.2, 0) is 16.5 Å². The van der Waals surface area contributed by atoms with Crippen molar-refractivity contribution in [2.45, 2.75) is 13.2 Å². The van der Waals surface area contributed by atoms with Gasteiger partial charge in [-0.25, -0.2) is 4.98 Å². The van der Waals surface area contributed by atoms with E-state index in [0.29, 0.717) is 5.82 Å². The summed E-state index contributed by atoms with van der Waals surface area (Å²) < 4.78 is 11.7. The molecule has 0 aliphatic rings. The van der Waals surface area contributed by atoms with E-state index in [1.165, 1.54) is 0 Å². The number of aromatic nitrogens is 3. The Hall–Kier alpha value is -0.940. The zero-order valence-electron chi connectivity index (χ0n) is 7.74. The second-order valence-electron chi connectivity index (χ2n) is 2.44. The van der Waals surface area contributed by atoms with E-state index in [-0.39, 0.29) is 0 Å². The van der Waals surface area contributed by atoms with Crippen LogP contribution in [0.4, 0.5) is 0 Å². The molecule has 0 fully saturated rings. The third-order valence-electron chi connectivity index (χ3n) is 1.64. The predicted molar refractivity (Wildman–Crippen MR) is 42.5 cm³/mol. The molecule has 0 amide bonds. The van der Waals surface area contributed by atoms with Crippen LogP contribution in [0.25, 0.3) is 0 Å². The average molecular weight is 171 g/mol. The molecule has 5 nitrogen and oxygen atoms in total. The van der Waals surface area contributed by atoms with E-state index < -0.39 is 6.29 Å². The molecule has 0 unspecified atom stereocenters. The topological polar surface area (TPSA) is 49.2 Å². The van der Waals surface area contributed by atoms with Gasteiger partial charge in [0.25, 0.3) is 0 Å². The van der Waals surface area contributed by atoms with E-state index in [9.17, 15) is 0 Å². The van der Waals surface area contributed by atoms with Crippen LogP contribution >= 0.6 is 0 Å². The van der Waals surface area contributed by atoms with Gasteiger partial charge in [0.15, 0.2) is 0 Å². The number of ether oxygens (including phenoxy) is 2. The van der Waals surface area contributed by atoms with Crippen LogP contribution in [0.15, 0.2) is 0 Å². The normalized spacial score (nSPS) is 11.1. The smallest absolute Gasteiger partial charge is 0.220 e. The number of nitrogens with zero attached hydrogens (tertiary/aromatic N) is 3. The van der Waals surface area contributed by atoms with Crippen LogP contribution in [0.1, 0.15) is 17.9 Å². The molecule has 68 valence electrons. The molecule has 0 aliphatic carbocycles. The molecule has 0 N–H and O–H groups in total. The minimum Gasteiger partial charge on any atom is -0.349 e. The van der Waals surface area contributed by atoms with E-state index in [0.717, 1.165) is 5.82 Å². The maximum Gasteiger partial charge on any atom is 0.220 e. The Bertz CT molecular complexity index is 236. The molecule has 0 saturated carbocycles. The fourth-order valence-electron chi connectivity index (χ4n) is 0.893. The van der Waals surface area contributed by atoms with Crippen molar-refractivity contribution >= 4 is 0 Å². The summed E-state index contributed by atoms with van der Waals surface area (Å²) in [4.78, 5) is 4.15. The van der Waals surface area contributed by atoms with Crippen LogP contribution in [0.5, 0.6) is 0 Å². The number of hydrogen-bond donors (Lipinski definition) is 0. The van der Waals surface area contributed by atoms with Crippen molar-refractivity contribution in [3.05, 3.63) is 11.6 Å². The highest BCUT2D eigenvalue weighted by Gasteiger charge is 2.14. The van der Waals surface area contributed by atoms with Crippen LogP contribution in [0, 0.1) is 6.92 Å². The van der Waals surface area contributed by atoms with Crippen LogP contribution < -0.4 is 0 Å². The van der Waals surface area contributed by atoms with E-state index >= 15 is 0 Å². The van der Waals surface area contributed by atoms with Gasteiger partial charge in [0.05, 0.1) is 0 Å². The molecule has 12 heavy (non-hydrogen) atoms. The number of methoxy groups -OCH3 is 2. The molecule has 0 aliphatic heterocycles. The van der Waals surface area contributed by atoms with Gasteiger partial charge >= 0.3 is 0 Å². The highest BCUT2D eigenvalue weighted by Crippen LogP contribution is 2.12. The summed E-state index contributed by atoms with van der Waals surface area (Å²) in [5.74, 6) is 1.39. The van der Waals surface area contributed by atoms with Gasteiger partial charge in [-0.05, 0) is 6.92 Å². The predicted octanol–water partition coefficient (Wildman–Crippen LogP) is 0.415. The van der Waals surface area contributed by atoms with Crippen molar-refractivity contribution in [2.75, 3.05) is 14.2 Å². The Labute approximate surface area is 71.3 Å². The first-order chi connectivity index (χ1) is 5.69. The molecule has 1 aromatic heterocycles. The molecule has 0 bridgehead atoms. The molecule has 0 saturated heterocycles. The third kappa shape index (κ3) is 1.62. The lowest BCUT2D eigenvalue weighted by Gasteiger charge is -2.07. The maximum atomic E-state index is 4.99. The van der Waals surface area contributed by atoms with Crippen LogP contribution in [0.2, 0.25) is 0 Å². The molecule has 0 spiro atoms. The molecule has 1 rings (SSSR count). The molecule has 0 radical (unpaired) electrons. The monoisotopic (exact) mass is 171 g/mol. The molecular weight excluding hydrogens is 158 g/mol. The van der Waals surface area contributed by atoms with Gasteiger partial charge in [-0.15, -0.1) is 0 Å². The maximum absolute atomic E-state index is 4.99. The second-order valence-corrected chi connectivity index (χ2v) is 2.44. The van der Waals surface area contributed by atoms with E-state index in [1.54, 1.807) is 18.9 Å². The number of hydrogen-bond acceptors (Lipinski definition) is 4. The molecule has 0 atom stereocenters. The molecule has 5 heteroatoms. The van der Waals surface area contributed by atoms with Gasteiger partial charge in [0, 0.05) is 21.3 Å². The summed E-state index contributed by atoms with van der Waals surface area (Å²) in [6.07, 6.45) is -0.468. The fourth-order valence-corrected chi connectivity index (χ4v) is 0.893. The third-order valence-corrected chi connectivity index (χ3v) is 1.64. The van der Waals surface area contributed by atoms with E-state index in [4.69, 9.17) is 9.47 Å². The molecule has 1 heterocycles. The summed E-state index contributed by atoms with van der Waals surface area (Å²) in [7, 11) is 4.94. The molecule has 0 aromatic carbocycles. The van der Waals surface area contributed by atoms with Crippen LogP contribution in [0.3, 0.4) is 0 Å². The van der Waals surface area contributed by atoms with E-state index in [1.807, 2.05) is 14.0 Å². The minimum absolute atomic E-state index is 0.468. The Morgan fingerprint density at radius 1 is 1.33 bits per heavy atom. The zero-order valence-corrected chi connectivity index (χ0v) is 7.74. The van der Waals surface area contributed by atoms with E-state index in [2.05, 4.69) is 10.1 Å². The Kier molecular flexibility index (Phi) is 2.78. The first-order valence-electron chi connectivity index (χ1n) is 3.62. The summed E-state index contributed by atoms with van der Waals surface area (Å²) >= 11 is 0. The second kappa shape index (κ2) is 3.64. The zero-order chi connectivity index (χ0) is 9.14. The van der Waals surface area contributed by atoms with Crippen LogP contribution in [-0.4, -0.2) is 29.0 Å². The van der Waals surface area contributed by atoms with Crippen molar-refractivity contribution in [3.8, 4) is 0 Å². The summed E-state index contributed by atoms with van der Waals surface area (Å²) in [6.45, 7) is 1.87. The van der Waals surface area contributed by atoms with Gasteiger partial charge in [-0.3, -0.25) is 4.68 Å². The number of aryl methyl sites for hydroxylation is 2. The van der Waals surface area contributed by atoms with Gasteiger partial charge in [0.1, 0.15) is 5.82 Å². The minimum atomic E-state index is -0.468. The van der Waals surface area contributed by atoms with Crippen molar-refractivity contribution in [2.24, 2.45) is 7.05 Å². The van der Waals surface area contributed by atoms with Gasteiger partial charge in [0.2, 0.25) is 12.1 Å². The highest BCUT2D eigenvalue weighted by atomic mass is 16.7. The Morgan fingerprint density at radius 3 is 2.25 bits per heavy atom. The lowest BCUT2D eigenvalue weighted by molar-refractivity contribution is -0.111. The average Bonchev–Trinajstić information content (AvgIpc) is 2.35. The SMILES string of the molecule is COC(OC)c1nc(C)n(C)n1. The fraction of sp³-hybridized carbons (Fsp3) is 0.714. The van der Waals surface area contributed by atoms with Crippen molar-refractivity contribution < 1.29 is 9.47 Å². The summed E-state index contributed by atoms with van der Waals surface area (Å²) in [6, 6.07) is 0. The van der Waals surface area contributed by atoms with Crippen molar-refractivity contribution in [1.82, 2.24) is 14.8 Å². The molecule has 1 aromatic rings. The van der Waals surface area contributed by atoms with Gasteiger partial charge < -0.3 is 9.47 Å². The Balaban J connectivity index is 2.86. The lowest BCUT2D eigenvalue weighted by Crippen LogP contribution is -2.06. The summed E-state index contributed by atoms with van der Waals surface area (Å²) in [5, 5.41) is 4.11. The first kappa shape index (κ1) is 9.15. The van der Waals surface area contributed by atoms with Crippen molar-refractivity contribution in [1.29, 1.82) is 0 Å². The van der Waals surface area contributed by atoms with Gasteiger partial charge in [-0.1, -0.05) is 0 Å². The standard InChI is InChI=1S/C7H13N3O2/c1-5-8-6(9-10(5)2)7(11-3)12-4/h7H,1-4H3. The van der Waals surface area contributed by atoms with Gasteiger partial charge in [-0.2, -0.15) is 5.10 Å². The van der Waals surface area contributed by atoms with Crippen molar-refractivity contribution in [3.63, 3.8) is 0 Å².